The Morgan fingerprint density at radius 3 is 2.63 bits per heavy atom. The number of hydrogen-bond acceptors (Lipinski definition) is 4. The standard InChI is InChI=1S/C19H19F3N2O3/c20-19(21,22)15-10-12(24-5-8-26-9-6-24)3-4-16(15)23-18(25)14-11-13(14)17-2-1-7-27-17/h1-4,7,10,13-14H,5-6,8-9,11H2,(H,23,25)/t13-,14+/m0/s1. The summed E-state index contributed by atoms with van der Waals surface area (Å²) in [6, 6.07) is 7.53. The number of rotatable bonds is 4. The first-order valence-corrected chi connectivity index (χ1v) is 8.81. The van der Waals surface area contributed by atoms with Gasteiger partial charge in [0.15, 0.2) is 0 Å². The van der Waals surface area contributed by atoms with Crippen LogP contribution in [-0.2, 0) is 15.7 Å². The number of hydrogen-bond donors (Lipinski definition) is 1. The van der Waals surface area contributed by atoms with E-state index in [9.17, 15) is 18.0 Å². The fraction of sp³-hybridized carbons (Fsp3) is 0.421. The summed E-state index contributed by atoms with van der Waals surface area (Å²) in [5, 5.41) is 2.46. The molecule has 2 heterocycles. The van der Waals surface area contributed by atoms with Gasteiger partial charge in [0, 0.05) is 30.6 Å². The number of carbonyl (C=O) groups excluding carboxylic acids is 1. The highest BCUT2D eigenvalue weighted by Gasteiger charge is 2.46. The number of anilines is 2. The molecule has 1 aromatic carbocycles. The van der Waals surface area contributed by atoms with Crippen molar-refractivity contribution >= 4 is 17.3 Å². The molecule has 5 nitrogen and oxygen atoms in total. The van der Waals surface area contributed by atoms with Gasteiger partial charge in [-0.15, -0.1) is 0 Å². The van der Waals surface area contributed by atoms with Gasteiger partial charge < -0.3 is 19.4 Å². The van der Waals surface area contributed by atoms with Crippen LogP contribution in [0.4, 0.5) is 24.5 Å². The van der Waals surface area contributed by atoms with Crippen LogP contribution in [0.5, 0.6) is 0 Å². The fourth-order valence-corrected chi connectivity index (χ4v) is 3.42. The Kier molecular flexibility index (Phi) is 4.59. The van der Waals surface area contributed by atoms with E-state index in [-0.39, 0.29) is 17.5 Å². The second-order valence-corrected chi connectivity index (χ2v) is 6.78. The fourth-order valence-electron chi connectivity index (χ4n) is 3.42. The van der Waals surface area contributed by atoms with Gasteiger partial charge in [-0.2, -0.15) is 13.2 Å². The highest BCUT2D eigenvalue weighted by Crippen LogP contribution is 2.48. The second kappa shape index (κ2) is 6.92. The summed E-state index contributed by atoms with van der Waals surface area (Å²) in [5.41, 5.74) is -0.576. The van der Waals surface area contributed by atoms with Crippen molar-refractivity contribution in [1.29, 1.82) is 0 Å². The van der Waals surface area contributed by atoms with Gasteiger partial charge in [0.2, 0.25) is 5.91 Å². The Balaban J connectivity index is 1.52. The molecule has 144 valence electrons. The van der Waals surface area contributed by atoms with Crippen LogP contribution in [0.2, 0.25) is 0 Å². The number of benzene rings is 1. The Bertz CT molecular complexity index is 814. The van der Waals surface area contributed by atoms with Crippen molar-refractivity contribution in [2.75, 3.05) is 36.5 Å². The van der Waals surface area contributed by atoms with Gasteiger partial charge in [0.25, 0.3) is 0 Å². The lowest BCUT2D eigenvalue weighted by molar-refractivity contribution is -0.137. The quantitative estimate of drug-likeness (QED) is 0.875. The molecule has 2 fully saturated rings. The molecule has 8 heteroatoms. The molecule has 4 rings (SSSR count). The molecule has 1 aromatic heterocycles. The van der Waals surface area contributed by atoms with Crippen molar-refractivity contribution in [2.24, 2.45) is 5.92 Å². The first-order chi connectivity index (χ1) is 12.9. The number of nitrogens with zero attached hydrogens (tertiary/aromatic N) is 1. The molecular weight excluding hydrogens is 361 g/mol. The maximum atomic E-state index is 13.6. The number of amides is 1. The van der Waals surface area contributed by atoms with Crippen LogP contribution in [0, 0.1) is 5.92 Å². The summed E-state index contributed by atoms with van der Waals surface area (Å²) in [6.45, 7) is 2.04. The third-order valence-corrected chi connectivity index (χ3v) is 4.98. The average molecular weight is 380 g/mol. The second-order valence-electron chi connectivity index (χ2n) is 6.78. The molecule has 0 bridgehead atoms. The third-order valence-electron chi connectivity index (χ3n) is 4.98. The zero-order valence-corrected chi connectivity index (χ0v) is 14.5. The van der Waals surface area contributed by atoms with Crippen molar-refractivity contribution in [3.05, 3.63) is 47.9 Å². The largest absolute Gasteiger partial charge is 0.469 e. The Morgan fingerprint density at radius 2 is 1.96 bits per heavy atom. The van der Waals surface area contributed by atoms with E-state index < -0.39 is 17.6 Å². The Hall–Kier alpha value is -2.48. The van der Waals surface area contributed by atoms with Crippen LogP contribution in [-0.4, -0.2) is 32.2 Å². The predicted octanol–water partition coefficient (Wildman–Crippen LogP) is 3.88. The molecular formula is C19H19F3N2O3. The number of furan rings is 1. The lowest BCUT2D eigenvalue weighted by Gasteiger charge is -2.29. The van der Waals surface area contributed by atoms with E-state index in [0.717, 1.165) is 6.07 Å². The predicted molar refractivity (Wildman–Crippen MR) is 92.7 cm³/mol. The molecule has 1 aliphatic heterocycles. The molecule has 27 heavy (non-hydrogen) atoms. The number of carbonyl (C=O) groups is 1. The van der Waals surface area contributed by atoms with Crippen LogP contribution in [0.1, 0.15) is 23.7 Å². The molecule has 1 N–H and O–H groups in total. The molecule has 2 aliphatic rings. The zero-order valence-electron chi connectivity index (χ0n) is 14.5. The summed E-state index contributed by atoms with van der Waals surface area (Å²) >= 11 is 0. The average Bonchev–Trinajstić information content (AvgIpc) is 3.27. The molecule has 1 amide bonds. The topological polar surface area (TPSA) is 54.7 Å². The van der Waals surface area contributed by atoms with Crippen molar-refractivity contribution < 1.29 is 27.1 Å². The summed E-state index contributed by atoms with van der Waals surface area (Å²) < 4.78 is 51.2. The van der Waals surface area contributed by atoms with E-state index in [4.69, 9.17) is 9.15 Å². The van der Waals surface area contributed by atoms with Gasteiger partial charge in [0.05, 0.1) is 30.7 Å². The molecule has 1 aliphatic carbocycles. The lowest BCUT2D eigenvalue weighted by atomic mass is 10.1. The first-order valence-electron chi connectivity index (χ1n) is 8.81. The number of halogens is 3. The highest BCUT2D eigenvalue weighted by atomic mass is 19.4. The normalized spacial score (nSPS) is 22.6. The maximum absolute atomic E-state index is 13.6. The van der Waals surface area contributed by atoms with E-state index in [1.165, 1.54) is 12.3 Å². The van der Waals surface area contributed by atoms with Crippen LogP contribution >= 0.6 is 0 Å². The van der Waals surface area contributed by atoms with Crippen molar-refractivity contribution in [1.82, 2.24) is 0 Å². The number of morpholine rings is 1. The molecule has 2 aromatic rings. The SMILES string of the molecule is O=C(Nc1ccc(N2CCOCC2)cc1C(F)(F)F)[C@@H]1C[C@@H]1c1ccco1. The van der Waals surface area contributed by atoms with E-state index in [2.05, 4.69) is 5.32 Å². The van der Waals surface area contributed by atoms with E-state index in [1.54, 1.807) is 18.2 Å². The van der Waals surface area contributed by atoms with Crippen molar-refractivity contribution in [2.45, 2.75) is 18.5 Å². The lowest BCUT2D eigenvalue weighted by Crippen LogP contribution is -2.36. The van der Waals surface area contributed by atoms with E-state index >= 15 is 0 Å². The molecule has 1 saturated carbocycles. The van der Waals surface area contributed by atoms with Gasteiger partial charge >= 0.3 is 6.18 Å². The van der Waals surface area contributed by atoms with Crippen molar-refractivity contribution in [3.8, 4) is 0 Å². The smallest absolute Gasteiger partial charge is 0.418 e. The first kappa shape index (κ1) is 17.9. The van der Waals surface area contributed by atoms with Gasteiger partial charge in [-0.05, 0) is 36.8 Å². The molecule has 0 unspecified atom stereocenters. The van der Waals surface area contributed by atoms with Crippen LogP contribution in [0.25, 0.3) is 0 Å². The third kappa shape index (κ3) is 3.80. The molecule has 0 radical (unpaired) electrons. The van der Waals surface area contributed by atoms with Crippen LogP contribution in [0.15, 0.2) is 41.0 Å². The minimum absolute atomic E-state index is 0.0676. The Labute approximate surface area is 154 Å². The molecule has 1 saturated heterocycles. The zero-order chi connectivity index (χ0) is 19.0. The summed E-state index contributed by atoms with van der Waals surface area (Å²) in [5.74, 6) is -0.159. The van der Waals surface area contributed by atoms with Crippen molar-refractivity contribution in [3.63, 3.8) is 0 Å². The molecule has 2 atom stereocenters. The number of ether oxygens (including phenoxy) is 1. The van der Waals surface area contributed by atoms with Crippen LogP contribution < -0.4 is 10.2 Å². The maximum Gasteiger partial charge on any atom is 0.418 e. The number of alkyl halides is 3. The van der Waals surface area contributed by atoms with E-state index in [0.29, 0.717) is 44.2 Å². The molecule has 0 spiro atoms. The van der Waals surface area contributed by atoms with Gasteiger partial charge in [0.1, 0.15) is 5.76 Å². The van der Waals surface area contributed by atoms with Gasteiger partial charge in [-0.1, -0.05) is 0 Å². The number of nitrogens with one attached hydrogen (secondary N) is 1. The summed E-state index contributed by atoms with van der Waals surface area (Å²) in [6.07, 6.45) is -2.46. The monoisotopic (exact) mass is 380 g/mol. The Morgan fingerprint density at radius 1 is 1.19 bits per heavy atom. The summed E-state index contributed by atoms with van der Waals surface area (Å²) in [7, 11) is 0. The van der Waals surface area contributed by atoms with Gasteiger partial charge in [-0.3, -0.25) is 4.79 Å². The highest BCUT2D eigenvalue weighted by molar-refractivity contribution is 5.96. The van der Waals surface area contributed by atoms with E-state index in [1.807, 2.05) is 4.90 Å². The van der Waals surface area contributed by atoms with Gasteiger partial charge in [-0.25, -0.2) is 0 Å². The summed E-state index contributed by atoms with van der Waals surface area (Å²) in [4.78, 5) is 14.2. The minimum atomic E-state index is -4.56. The minimum Gasteiger partial charge on any atom is -0.469 e. The van der Waals surface area contributed by atoms with Crippen LogP contribution in [0.3, 0.4) is 0 Å².